The molecule has 0 saturated carbocycles. The standard InChI is InChI=1S/C15H23NO/c1-11-6-12(2)8-14(7-11)10-16-15-4-5-17-13(3)9-15/h6-8,13,15-16H,4-5,9-10H2,1-3H3. The zero-order valence-corrected chi connectivity index (χ0v) is 11.1. The van der Waals surface area contributed by atoms with Crippen molar-refractivity contribution < 1.29 is 4.74 Å². The van der Waals surface area contributed by atoms with E-state index in [-0.39, 0.29) is 0 Å². The Kier molecular flexibility index (Phi) is 4.19. The Balaban J connectivity index is 1.88. The topological polar surface area (TPSA) is 21.3 Å². The Hall–Kier alpha value is -0.860. The fraction of sp³-hybridized carbons (Fsp3) is 0.600. The summed E-state index contributed by atoms with van der Waals surface area (Å²) in [4.78, 5) is 0. The molecule has 0 amide bonds. The first-order valence-corrected chi connectivity index (χ1v) is 6.55. The molecule has 1 saturated heterocycles. The normalized spacial score (nSPS) is 24.9. The van der Waals surface area contributed by atoms with Gasteiger partial charge in [-0.15, -0.1) is 0 Å². The van der Waals surface area contributed by atoms with Crippen molar-refractivity contribution in [2.75, 3.05) is 6.61 Å². The maximum Gasteiger partial charge on any atom is 0.0561 e. The third kappa shape index (κ3) is 3.83. The monoisotopic (exact) mass is 233 g/mol. The number of nitrogens with one attached hydrogen (secondary N) is 1. The summed E-state index contributed by atoms with van der Waals surface area (Å²) in [6.07, 6.45) is 2.67. The summed E-state index contributed by atoms with van der Waals surface area (Å²) in [7, 11) is 0. The van der Waals surface area contributed by atoms with E-state index in [9.17, 15) is 0 Å². The lowest BCUT2D eigenvalue weighted by atomic mass is 10.0. The number of hydrogen-bond acceptors (Lipinski definition) is 2. The fourth-order valence-corrected chi connectivity index (χ4v) is 2.62. The van der Waals surface area contributed by atoms with Gasteiger partial charge in [0.05, 0.1) is 6.10 Å². The molecular weight excluding hydrogens is 210 g/mol. The number of ether oxygens (including phenoxy) is 1. The minimum atomic E-state index is 0.403. The van der Waals surface area contributed by atoms with Crippen molar-refractivity contribution in [3.63, 3.8) is 0 Å². The molecule has 0 aromatic heterocycles. The summed E-state index contributed by atoms with van der Waals surface area (Å²) in [5.41, 5.74) is 4.09. The van der Waals surface area contributed by atoms with Crippen LogP contribution in [0, 0.1) is 13.8 Å². The molecule has 2 heteroatoms. The summed E-state index contributed by atoms with van der Waals surface area (Å²) >= 11 is 0. The molecule has 2 atom stereocenters. The predicted octanol–water partition coefficient (Wildman–Crippen LogP) is 2.96. The van der Waals surface area contributed by atoms with Crippen molar-refractivity contribution in [1.82, 2.24) is 5.32 Å². The van der Waals surface area contributed by atoms with Crippen LogP contribution in [-0.2, 0) is 11.3 Å². The number of aryl methyl sites for hydroxylation is 2. The van der Waals surface area contributed by atoms with Gasteiger partial charge in [0, 0.05) is 19.2 Å². The van der Waals surface area contributed by atoms with Gasteiger partial charge in [-0.2, -0.15) is 0 Å². The van der Waals surface area contributed by atoms with E-state index in [1.54, 1.807) is 0 Å². The molecule has 0 aliphatic carbocycles. The average Bonchev–Trinajstić information content (AvgIpc) is 2.25. The van der Waals surface area contributed by atoms with Crippen molar-refractivity contribution in [2.45, 2.75) is 52.3 Å². The molecule has 2 unspecified atom stereocenters. The van der Waals surface area contributed by atoms with Crippen LogP contribution in [0.3, 0.4) is 0 Å². The molecule has 1 aromatic carbocycles. The predicted molar refractivity (Wildman–Crippen MR) is 71.2 cm³/mol. The van der Waals surface area contributed by atoms with Crippen molar-refractivity contribution in [1.29, 1.82) is 0 Å². The highest BCUT2D eigenvalue weighted by atomic mass is 16.5. The second kappa shape index (κ2) is 5.65. The van der Waals surface area contributed by atoms with Crippen LogP contribution < -0.4 is 5.32 Å². The minimum absolute atomic E-state index is 0.403. The summed E-state index contributed by atoms with van der Waals surface area (Å²) in [6.45, 7) is 8.34. The van der Waals surface area contributed by atoms with Crippen LogP contribution in [0.1, 0.15) is 36.5 Å². The Labute approximate surface area is 104 Å². The largest absolute Gasteiger partial charge is 0.378 e. The molecule has 0 bridgehead atoms. The highest BCUT2D eigenvalue weighted by molar-refractivity contribution is 5.28. The van der Waals surface area contributed by atoms with Gasteiger partial charge >= 0.3 is 0 Å². The zero-order chi connectivity index (χ0) is 12.3. The summed E-state index contributed by atoms with van der Waals surface area (Å²) in [5, 5.41) is 3.64. The molecule has 1 heterocycles. The Morgan fingerprint density at radius 2 is 1.94 bits per heavy atom. The van der Waals surface area contributed by atoms with Crippen LogP contribution in [-0.4, -0.2) is 18.8 Å². The SMILES string of the molecule is Cc1cc(C)cc(CNC2CCOC(C)C2)c1. The maximum atomic E-state index is 5.56. The summed E-state index contributed by atoms with van der Waals surface area (Å²) < 4.78 is 5.56. The molecule has 2 nitrogen and oxygen atoms in total. The van der Waals surface area contributed by atoms with Crippen molar-refractivity contribution >= 4 is 0 Å². The van der Waals surface area contributed by atoms with Gasteiger partial charge in [0.15, 0.2) is 0 Å². The van der Waals surface area contributed by atoms with Crippen LogP contribution in [0.4, 0.5) is 0 Å². The van der Waals surface area contributed by atoms with Crippen LogP contribution >= 0.6 is 0 Å². The molecular formula is C15H23NO. The van der Waals surface area contributed by atoms with E-state index in [0.717, 1.165) is 26.0 Å². The number of hydrogen-bond donors (Lipinski definition) is 1. The lowest BCUT2D eigenvalue weighted by Crippen LogP contribution is -2.37. The van der Waals surface area contributed by atoms with Crippen LogP contribution in [0.25, 0.3) is 0 Å². The van der Waals surface area contributed by atoms with Crippen molar-refractivity contribution in [3.8, 4) is 0 Å². The van der Waals surface area contributed by atoms with Crippen LogP contribution in [0.15, 0.2) is 18.2 Å². The lowest BCUT2D eigenvalue weighted by Gasteiger charge is -2.28. The zero-order valence-electron chi connectivity index (χ0n) is 11.1. The molecule has 0 spiro atoms. The molecule has 17 heavy (non-hydrogen) atoms. The van der Waals surface area contributed by atoms with Gasteiger partial charge in [-0.05, 0) is 39.2 Å². The van der Waals surface area contributed by atoms with E-state index in [0.29, 0.717) is 12.1 Å². The van der Waals surface area contributed by atoms with Gasteiger partial charge in [-0.1, -0.05) is 29.3 Å². The van der Waals surface area contributed by atoms with Crippen LogP contribution in [0.5, 0.6) is 0 Å². The van der Waals surface area contributed by atoms with E-state index < -0.39 is 0 Å². The number of rotatable bonds is 3. The third-order valence-electron chi connectivity index (χ3n) is 3.36. The Morgan fingerprint density at radius 1 is 1.24 bits per heavy atom. The molecule has 1 aromatic rings. The van der Waals surface area contributed by atoms with Crippen molar-refractivity contribution in [2.24, 2.45) is 0 Å². The first-order chi connectivity index (χ1) is 8.13. The molecule has 94 valence electrons. The van der Waals surface area contributed by atoms with Gasteiger partial charge in [-0.25, -0.2) is 0 Å². The third-order valence-corrected chi connectivity index (χ3v) is 3.36. The highest BCUT2D eigenvalue weighted by Crippen LogP contribution is 2.14. The van der Waals surface area contributed by atoms with Gasteiger partial charge in [-0.3, -0.25) is 0 Å². The minimum Gasteiger partial charge on any atom is -0.378 e. The quantitative estimate of drug-likeness (QED) is 0.866. The molecule has 1 aliphatic rings. The van der Waals surface area contributed by atoms with Crippen molar-refractivity contribution in [3.05, 3.63) is 34.9 Å². The first kappa shape index (κ1) is 12.6. The average molecular weight is 233 g/mol. The smallest absolute Gasteiger partial charge is 0.0561 e. The van der Waals surface area contributed by atoms with Gasteiger partial charge < -0.3 is 10.1 Å². The Morgan fingerprint density at radius 3 is 2.59 bits per heavy atom. The molecule has 0 radical (unpaired) electrons. The molecule has 1 fully saturated rings. The first-order valence-electron chi connectivity index (χ1n) is 6.55. The number of benzene rings is 1. The molecule has 2 rings (SSSR count). The van der Waals surface area contributed by atoms with Gasteiger partial charge in [0.25, 0.3) is 0 Å². The lowest BCUT2D eigenvalue weighted by molar-refractivity contribution is 0.0130. The molecule has 1 aliphatic heterocycles. The van der Waals surface area contributed by atoms with E-state index in [1.165, 1.54) is 16.7 Å². The summed E-state index contributed by atoms with van der Waals surface area (Å²) in [5.74, 6) is 0. The van der Waals surface area contributed by atoms with E-state index in [1.807, 2.05) is 0 Å². The fourth-order valence-electron chi connectivity index (χ4n) is 2.62. The highest BCUT2D eigenvalue weighted by Gasteiger charge is 2.18. The maximum absolute atomic E-state index is 5.56. The van der Waals surface area contributed by atoms with E-state index in [2.05, 4.69) is 44.3 Å². The van der Waals surface area contributed by atoms with Gasteiger partial charge in [0.2, 0.25) is 0 Å². The second-order valence-electron chi connectivity index (χ2n) is 5.28. The second-order valence-corrected chi connectivity index (χ2v) is 5.28. The van der Waals surface area contributed by atoms with E-state index >= 15 is 0 Å². The Bertz CT molecular complexity index is 355. The summed E-state index contributed by atoms with van der Waals surface area (Å²) in [6, 6.07) is 7.37. The molecule has 1 N–H and O–H groups in total. The van der Waals surface area contributed by atoms with E-state index in [4.69, 9.17) is 4.74 Å². The van der Waals surface area contributed by atoms with Gasteiger partial charge in [0.1, 0.15) is 0 Å². The van der Waals surface area contributed by atoms with Crippen LogP contribution in [0.2, 0.25) is 0 Å².